The zero-order valence-electron chi connectivity index (χ0n) is 9.85. The zero-order chi connectivity index (χ0) is 12.5. The Morgan fingerprint density at radius 2 is 2.33 bits per heavy atom. The number of nitrogens with zero attached hydrogens (tertiary/aromatic N) is 2. The van der Waals surface area contributed by atoms with Crippen molar-refractivity contribution >= 4 is 22.0 Å². The molecule has 0 fully saturated rings. The number of anilines is 1. The molecule has 0 aliphatic heterocycles. The quantitative estimate of drug-likeness (QED) is 0.782. The Morgan fingerprint density at radius 3 is 3.17 bits per heavy atom. The van der Waals surface area contributed by atoms with Crippen LogP contribution in [0.1, 0.15) is 11.3 Å². The smallest absolute Gasteiger partial charge is 0.193 e. The summed E-state index contributed by atoms with van der Waals surface area (Å²) in [5, 5.41) is 5.06. The molecule has 2 heterocycles. The molecule has 1 aromatic carbocycles. The van der Waals surface area contributed by atoms with Crippen LogP contribution < -0.4 is 5.32 Å². The van der Waals surface area contributed by atoms with Crippen LogP contribution in [0.5, 0.6) is 0 Å². The highest BCUT2D eigenvalue weighted by Crippen LogP contribution is 2.18. The summed E-state index contributed by atoms with van der Waals surface area (Å²) in [6.45, 7) is 2.28. The Kier molecular flexibility index (Phi) is 2.76. The number of rotatable bonds is 3. The maximum Gasteiger partial charge on any atom is 0.193 e. The summed E-state index contributed by atoms with van der Waals surface area (Å²) < 4.78 is 15.7. The minimum Gasteiger partial charge on any atom is -0.377 e. The molecule has 0 saturated heterocycles. The van der Waals surface area contributed by atoms with Crippen LogP contribution in [0, 0.1) is 12.7 Å². The fraction of sp³-hybridized carbons (Fsp3) is 0.154. The highest BCUT2D eigenvalue weighted by atomic mass is 32.1. The molecule has 0 bridgehead atoms. The van der Waals surface area contributed by atoms with Gasteiger partial charge in [0.1, 0.15) is 5.82 Å². The standard InChI is InChI=1S/C13H12FN3S/c1-9-3-2-4-11(12(9)14)15-7-10-8-17-5-6-18-13(17)16-10/h2-6,8,15H,7H2,1H3. The van der Waals surface area contributed by atoms with Crippen molar-refractivity contribution in [3.63, 3.8) is 0 Å². The molecule has 1 N–H and O–H groups in total. The molecule has 5 heteroatoms. The van der Waals surface area contributed by atoms with Gasteiger partial charge in [-0.1, -0.05) is 12.1 Å². The summed E-state index contributed by atoms with van der Waals surface area (Å²) in [6.07, 6.45) is 3.91. The van der Waals surface area contributed by atoms with Gasteiger partial charge in [-0.3, -0.25) is 4.40 Å². The van der Waals surface area contributed by atoms with Crippen LogP contribution in [0.15, 0.2) is 36.0 Å². The van der Waals surface area contributed by atoms with Gasteiger partial charge in [-0.25, -0.2) is 9.37 Å². The summed E-state index contributed by atoms with van der Waals surface area (Å²) in [5.74, 6) is -0.196. The number of nitrogens with one attached hydrogen (secondary N) is 1. The fourth-order valence-corrected chi connectivity index (χ4v) is 2.55. The van der Waals surface area contributed by atoms with Crippen molar-refractivity contribution in [2.75, 3.05) is 5.32 Å². The van der Waals surface area contributed by atoms with Crippen molar-refractivity contribution in [2.45, 2.75) is 13.5 Å². The lowest BCUT2D eigenvalue weighted by Gasteiger charge is -2.07. The van der Waals surface area contributed by atoms with E-state index < -0.39 is 0 Å². The molecule has 0 amide bonds. The molecule has 2 aromatic heterocycles. The van der Waals surface area contributed by atoms with Crippen LogP contribution in [-0.4, -0.2) is 9.38 Å². The number of imidazole rings is 1. The molecule has 18 heavy (non-hydrogen) atoms. The third-order valence-corrected chi connectivity index (χ3v) is 3.57. The van der Waals surface area contributed by atoms with Gasteiger partial charge in [-0.2, -0.15) is 0 Å². The number of halogens is 1. The Hall–Kier alpha value is -1.88. The number of aromatic nitrogens is 2. The second-order valence-corrected chi connectivity index (χ2v) is 4.99. The molecule has 0 spiro atoms. The summed E-state index contributed by atoms with van der Waals surface area (Å²) >= 11 is 1.59. The third kappa shape index (κ3) is 1.97. The molecule has 0 aliphatic carbocycles. The molecule has 3 nitrogen and oxygen atoms in total. The summed E-state index contributed by atoms with van der Waals surface area (Å²) in [6, 6.07) is 5.33. The van der Waals surface area contributed by atoms with Crippen molar-refractivity contribution in [3.05, 3.63) is 53.0 Å². The first-order valence-corrected chi connectivity index (χ1v) is 6.52. The van der Waals surface area contributed by atoms with Crippen molar-refractivity contribution in [2.24, 2.45) is 0 Å². The molecule has 0 radical (unpaired) electrons. The predicted octanol–water partition coefficient (Wildman–Crippen LogP) is 3.46. The van der Waals surface area contributed by atoms with E-state index in [-0.39, 0.29) is 5.82 Å². The normalized spacial score (nSPS) is 11.0. The van der Waals surface area contributed by atoms with Gasteiger partial charge >= 0.3 is 0 Å². The van der Waals surface area contributed by atoms with Crippen molar-refractivity contribution in [3.8, 4) is 0 Å². The molecule has 0 unspecified atom stereocenters. The van der Waals surface area contributed by atoms with E-state index in [0.29, 0.717) is 17.8 Å². The molecule has 0 atom stereocenters. The summed E-state index contributed by atoms with van der Waals surface area (Å²) in [4.78, 5) is 5.39. The second-order valence-electron chi connectivity index (χ2n) is 4.12. The minimum atomic E-state index is -0.196. The van der Waals surface area contributed by atoms with Gasteiger partial charge in [0, 0.05) is 17.8 Å². The number of hydrogen-bond donors (Lipinski definition) is 1. The van der Waals surface area contributed by atoms with Crippen molar-refractivity contribution in [1.82, 2.24) is 9.38 Å². The SMILES string of the molecule is Cc1cccc(NCc2cn3ccsc3n2)c1F. The highest BCUT2D eigenvalue weighted by molar-refractivity contribution is 7.15. The third-order valence-electron chi connectivity index (χ3n) is 2.79. The van der Waals surface area contributed by atoms with Crippen LogP contribution in [0.3, 0.4) is 0 Å². The van der Waals surface area contributed by atoms with Gasteiger partial charge < -0.3 is 5.32 Å². The van der Waals surface area contributed by atoms with E-state index in [0.717, 1.165) is 10.7 Å². The molecule has 0 saturated carbocycles. The molecular weight excluding hydrogens is 249 g/mol. The lowest BCUT2D eigenvalue weighted by molar-refractivity contribution is 0.621. The number of benzene rings is 1. The van der Waals surface area contributed by atoms with Gasteiger partial charge in [0.25, 0.3) is 0 Å². The van der Waals surface area contributed by atoms with E-state index in [1.807, 2.05) is 28.2 Å². The van der Waals surface area contributed by atoms with E-state index in [1.54, 1.807) is 30.4 Å². The van der Waals surface area contributed by atoms with Gasteiger partial charge in [0.15, 0.2) is 4.96 Å². The number of fused-ring (bicyclic) bond motifs is 1. The number of thiazole rings is 1. The van der Waals surface area contributed by atoms with Gasteiger partial charge in [0.2, 0.25) is 0 Å². The van der Waals surface area contributed by atoms with Crippen LogP contribution in [0.4, 0.5) is 10.1 Å². The highest BCUT2D eigenvalue weighted by Gasteiger charge is 2.06. The van der Waals surface area contributed by atoms with E-state index in [2.05, 4.69) is 10.3 Å². The molecular formula is C13H12FN3S. The van der Waals surface area contributed by atoms with Crippen LogP contribution in [0.2, 0.25) is 0 Å². The average molecular weight is 261 g/mol. The van der Waals surface area contributed by atoms with E-state index in [1.165, 1.54) is 0 Å². The first-order chi connectivity index (χ1) is 8.74. The Bertz CT molecular complexity index is 658. The molecule has 3 aromatic rings. The van der Waals surface area contributed by atoms with Gasteiger partial charge in [0.05, 0.1) is 17.9 Å². The largest absolute Gasteiger partial charge is 0.377 e. The van der Waals surface area contributed by atoms with E-state index in [4.69, 9.17) is 0 Å². The van der Waals surface area contributed by atoms with Gasteiger partial charge in [-0.05, 0) is 18.6 Å². The first-order valence-electron chi connectivity index (χ1n) is 5.64. The monoisotopic (exact) mass is 261 g/mol. The fourth-order valence-electron chi connectivity index (χ4n) is 1.83. The molecule has 3 rings (SSSR count). The van der Waals surface area contributed by atoms with Crippen LogP contribution >= 0.6 is 11.3 Å². The van der Waals surface area contributed by atoms with Gasteiger partial charge in [-0.15, -0.1) is 11.3 Å². The minimum absolute atomic E-state index is 0.196. The maximum atomic E-state index is 13.8. The Labute approximate surface area is 108 Å². The Balaban J connectivity index is 1.78. The summed E-state index contributed by atoms with van der Waals surface area (Å²) in [5.41, 5.74) is 2.07. The lowest BCUT2D eigenvalue weighted by atomic mass is 10.2. The van der Waals surface area contributed by atoms with Crippen molar-refractivity contribution in [1.29, 1.82) is 0 Å². The maximum absolute atomic E-state index is 13.8. The lowest BCUT2D eigenvalue weighted by Crippen LogP contribution is -2.02. The average Bonchev–Trinajstić information content (AvgIpc) is 2.91. The first kappa shape index (κ1) is 11.2. The van der Waals surface area contributed by atoms with Crippen LogP contribution in [0.25, 0.3) is 4.96 Å². The predicted molar refractivity (Wildman–Crippen MR) is 71.5 cm³/mol. The van der Waals surface area contributed by atoms with Crippen molar-refractivity contribution < 1.29 is 4.39 Å². The van der Waals surface area contributed by atoms with E-state index >= 15 is 0 Å². The number of hydrogen-bond acceptors (Lipinski definition) is 3. The zero-order valence-corrected chi connectivity index (χ0v) is 10.7. The Morgan fingerprint density at radius 1 is 1.44 bits per heavy atom. The molecule has 92 valence electrons. The summed E-state index contributed by atoms with van der Waals surface area (Å²) in [7, 11) is 0. The molecule has 0 aliphatic rings. The number of aryl methyl sites for hydroxylation is 1. The van der Waals surface area contributed by atoms with Crippen LogP contribution in [-0.2, 0) is 6.54 Å². The topological polar surface area (TPSA) is 29.3 Å². The second kappa shape index (κ2) is 4.42. The van der Waals surface area contributed by atoms with E-state index in [9.17, 15) is 4.39 Å².